The van der Waals surface area contributed by atoms with Gasteiger partial charge in [0.05, 0.1) is 10.7 Å². The van der Waals surface area contributed by atoms with Crippen LogP contribution in [0.25, 0.3) is 0 Å². The van der Waals surface area contributed by atoms with Crippen molar-refractivity contribution in [3.63, 3.8) is 0 Å². The fourth-order valence-corrected chi connectivity index (χ4v) is 3.65. The van der Waals surface area contributed by atoms with E-state index in [9.17, 15) is 23.3 Å². The van der Waals surface area contributed by atoms with Crippen LogP contribution in [-0.2, 0) is 22.3 Å². The largest absolute Gasteiger partial charge is 0.377 e. The second kappa shape index (κ2) is 8.58. The van der Waals surface area contributed by atoms with Gasteiger partial charge in [-0.2, -0.15) is 0 Å². The lowest BCUT2D eigenvalue weighted by atomic mass is 10.1. The average Bonchev–Trinajstić information content (AvgIpc) is 3.51. The summed E-state index contributed by atoms with van der Waals surface area (Å²) in [6.45, 7) is 0.101. The number of amides is 1. The lowest BCUT2D eigenvalue weighted by Gasteiger charge is -2.12. The fraction of sp³-hybridized carbons (Fsp3) is 0.316. The van der Waals surface area contributed by atoms with Crippen molar-refractivity contribution in [3.8, 4) is 0 Å². The first-order valence-corrected chi connectivity index (χ1v) is 10.8. The van der Waals surface area contributed by atoms with Gasteiger partial charge in [0, 0.05) is 24.2 Å². The molecule has 1 amide bonds. The van der Waals surface area contributed by atoms with Crippen molar-refractivity contribution in [2.24, 2.45) is 0 Å². The van der Waals surface area contributed by atoms with E-state index in [0.717, 1.165) is 12.8 Å². The number of carbonyl (C=O) groups excluding carboxylic acids is 1. The molecule has 10 heteroatoms. The number of nitro benzene ring substituents is 1. The van der Waals surface area contributed by atoms with E-state index >= 15 is 0 Å². The number of sulfonamides is 1. The zero-order valence-corrected chi connectivity index (χ0v) is 16.7. The number of hydrogen-bond donors (Lipinski definition) is 3. The summed E-state index contributed by atoms with van der Waals surface area (Å²) in [6, 6.07) is 11.5. The third-order valence-electron chi connectivity index (χ3n) is 4.61. The molecule has 1 fully saturated rings. The van der Waals surface area contributed by atoms with Crippen LogP contribution in [0.4, 0.5) is 11.4 Å². The molecule has 9 nitrogen and oxygen atoms in total. The van der Waals surface area contributed by atoms with Crippen LogP contribution in [0, 0.1) is 10.1 Å². The molecule has 0 aromatic heterocycles. The van der Waals surface area contributed by atoms with Gasteiger partial charge in [0.25, 0.3) is 11.6 Å². The molecule has 0 radical (unpaired) electrons. The number of benzene rings is 2. The molecular weight excluding hydrogens is 396 g/mol. The number of hydrogen-bond acceptors (Lipinski definition) is 6. The van der Waals surface area contributed by atoms with Gasteiger partial charge >= 0.3 is 0 Å². The molecule has 1 aliphatic carbocycles. The van der Waals surface area contributed by atoms with Gasteiger partial charge in [-0.25, -0.2) is 13.1 Å². The molecule has 1 aliphatic rings. The maximum Gasteiger partial charge on any atom is 0.293 e. The van der Waals surface area contributed by atoms with E-state index in [0.29, 0.717) is 16.8 Å². The first-order chi connectivity index (χ1) is 13.8. The predicted octanol–water partition coefficient (Wildman–Crippen LogP) is 2.15. The quantitative estimate of drug-likeness (QED) is 0.422. The highest BCUT2D eigenvalue weighted by molar-refractivity contribution is 7.88. The van der Waals surface area contributed by atoms with Crippen molar-refractivity contribution in [1.82, 2.24) is 10.0 Å². The summed E-state index contributed by atoms with van der Waals surface area (Å²) in [7, 11) is -2.11. The molecule has 0 bridgehead atoms. The molecule has 0 aliphatic heterocycles. The van der Waals surface area contributed by atoms with Gasteiger partial charge in [0.2, 0.25) is 10.0 Å². The number of carbonyl (C=O) groups is 1. The van der Waals surface area contributed by atoms with Crippen LogP contribution in [-0.4, -0.2) is 32.3 Å². The normalized spacial score (nSPS) is 13.7. The van der Waals surface area contributed by atoms with Gasteiger partial charge in [0.1, 0.15) is 5.69 Å². The van der Waals surface area contributed by atoms with Crippen LogP contribution in [0.1, 0.15) is 34.3 Å². The van der Waals surface area contributed by atoms with E-state index in [1.807, 2.05) is 0 Å². The Labute approximate surface area is 168 Å². The minimum atomic E-state index is -3.46. The highest BCUT2D eigenvalue weighted by Crippen LogP contribution is 2.31. The van der Waals surface area contributed by atoms with Crippen LogP contribution >= 0.6 is 0 Å². The summed E-state index contributed by atoms with van der Waals surface area (Å²) in [5.41, 5.74) is 1.64. The van der Waals surface area contributed by atoms with E-state index < -0.39 is 20.9 Å². The Kier molecular flexibility index (Phi) is 6.14. The molecular formula is C19H22N4O5S. The summed E-state index contributed by atoms with van der Waals surface area (Å²) in [6.07, 6.45) is 1.95. The van der Waals surface area contributed by atoms with Crippen LogP contribution in [0.2, 0.25) is 0 Å². The first-order valence-electron chi connectivity index (χ1n) is 9.10. The Morgan fingerprint density at radius 3 is 2.48 bits per heavy atom. The SMILES string of the molecule is CNS(=O)(=O)Cc1ccccc1CNC(=O)c1ccc(NC2CC2)c([N+](=O)[O-])c1. The van der Waals surface area contributed by atoms with Gasteiger partial charge in [-0.15, -0.1) is 0 Å². The lowest BCUT2D eigenvalue weighted by Crippen LogP contribution is -2.25. The Hall–Kier alpha value is -2.98. The van der Waals surface area contributed by atoms with Crippen LogP contribution in [0.15, 0.2) is 42.5 Å². The second-order valence-corrected chi connectivity index (χ2v) is 8.75. The van der Waals surface area contributed by atoms with Crippen molar-refractivity contribution in [2.75, 3.05) is 12.4 Å². The van der Waals surface area contributed by atoms with Crippen molar-refractivity contribution in [3.05, 3.63) is 69.3 Å². The van der Waals surface area contributed by atoms with E-state index in [4.69, 9.17) is 0 Å². The summed E-state index contributed by atoms with van der Waals surface area (Å²) < 4.78 is 25.9. The summed E-state index contributed by atoms with van der Waals surface area (Å²) in [4.78, 5) is 23.3. The smallest absolute Gasteiger partial charge is 0.293 e. The molecule has 0 heterocycles. The maximum atomic E-state index is 12.5. The Bertz CT molecular complexity index is 1030. The molecule has 0 atom stereocenters. The minimum absolute atomic E-state index is 0.101. The standard InChI is InChI=1S/C19H22N4O5S/c1-20-29(27,28)12-15-5-3-2-4-14(15)11-21-19(24)13-6-9-17(22-16-7-8-16)18(10-13)23(25)26/h2-6,9-10,16,20,22H,7-8,11-12H2,1H3,(H,21,24). The number of anilines is 1. The van der Waals surface area contributed by atoms with E-state index in [-0.39, 0.29) is 29.6 Å². The van der Waals surface area contributed by atoms with Crippen molar-refractivity contribution < 1.29 is 18.1 Å². The first kappa shape index (κ1) is 20.7. The molecule has 2 aromatic rings. The summed E-state index contributed by atoms with van der Waals surface area (Å²) in [5.74, 6) is -0.680. The average molecular weight is 418 g/mol. The topological polar surface area (TPSA) is 130 Å². The van der Waals surface area contributed by atoms with Crippen LogP contribution in [0.5, 0.6) is 0 Å². The second-order valence-electron chi connectivity index (χ2n) is 6.82. The lowest BCUT2D eigenvalue weighted by molar-refractivity contribution is -0.384. The fourth-order valence-electron chi connectivity index (χ4n) is 2.82. The number of rotatable bonds is 9. The van der Waals surface area contributed by atoms with Gasteiger partial charge in [-0.05, 0) is 43.1 Å². The monoisotopic (exact) mass is 418 g/mol. The zero-order valence-electron chi connectivity index (χ0n) is 15.8. The molecule has 29 heavy (non-hydrogen) atoms. The summed E-state index contributed by atoms with van der Waals surface area (Å²) in [5, 5.41) is 17.1. The minimum Gasteiger partial charge on any atom is -0.377 e. The van der Waals surface area contributed by atoms with Gasteiger partial charge < -0.3 is 10.6 Å². The Morgan fingerprint density at radius 1 is 1.17 bits per heavy atom. The number of nitrogens with zero attached hydrogens (tertiary/aromatic N) is 1. The highest BCUT2D eigenvalue weighted by Gasteiger charge is 2.25. The van der Waals surface area contributed by atoms with E-state index in [1.165, 1.54) is 19.2 Å². The summed E-state index contributed by atoms with van der Waals surface area (Å²) >= 11 is 0. The zero-order chi connectivity index (χ0) is 21.0. The Balaban J connectivity index is 1.73. The Morgan fingerprint density at radius 2 is 1.86 bits per heavy atom. The van der Waals surface area contributed by atoms with Crippen molar-refractivity contribution in [2.45, 2.75) is 31.2 Å². The third-order valence-corrected chi connectivity index (χ3v) is 5.92. The highest BCUT2D eigenvalue weighted by atomic mass is 32.2. The van der Waals surface area contributed by atoms with E-state index in [1.54, 1.807) is 30.3 Å². The van der Waals surface area contributed by atoms with Gasteiger partial charge in [0.15, 0.2) is 0 Å². The van der Waals surface area contributed by atoms with Gasteiger partial charge in [-0.1, -0.05) is 24.3 Å². The molecule has 1 saturated carbocycles. The van der Waals surface area contributed by atoms with E-state index in [2.05, 4.69) is 15.4 Å². The third kappa shape index (κ3) is 5.52. The molecule has 0 unspecified atom stereocenters. The maximum absolute atomic E-state index is 12.5. The molecule has 0 spiro atoms. The van der Waals surface area contributed by atoms with Crippen molar-refractivity contribution in [1.29, 1.82) is 0 Å². The molecule has 3 rings (SSSR count). The molecule has 3 N–H and O–H groups in total. The van der Waals surface area contributed by atoms with Crippen molar-refractivity contribution >= 4 is 27.3 Å². The van der Waals surface area contributed by atoms with Gasteiger partial charge in [-0.3, -0.25) is 14.9 Å². The van der Waals surface area contributed by atoms with Crippen LogP contribution < -0.4 is 15.4 Å². The molecule has 154 valence electrons. The van der Waals surface area contributed by atoms with Crippen LogP contribution in [0.3, 0.4) is 0 Å². The molecule has 2 aromatic carbocycles. The number of nitro groups is 1. The predicted molar refractivity (Wildman–Crippen MR) is 109 cm³/mol. The number of nitrogens with one attached hydrogen (secondary N) is 3. The molecule has 0 saturated heterocycles.